The van der Waals surface area contributed by atoms with Gasteiger partial charge < -0.3 is 23.7 Å². The van der Waals surface area contributed by atoms with Crippen molar-refractivity contribution < 1.29 is 33.3 Å². The van der Waals surface area contributed by atoms with Crippen molar-refractivity contribution in [1.29, 1.82) is 0 Å². The van der Waals surface area contributed by atoms with Gasteiger partial charge in [0.05, 0.1) is 50.8 Å². The third-order valence-electron chi connectivity index (χ3n) is 3.68. The Bertz CT molecular complexity index is 642. The topological polar surface area (TPSA) is 80.3 Å². The number of esters is 2. The summed E-state index contributed by atoms with van der Waals surface area (Å²) in [4.78, 5) is 23.4. The van der Waals surface area contributed by atoms with Crippen LogP contribution in [-0.2, 0) is 23.7 Å². The van der Waals surface area contributed by atoms with Gasteiger partial charge >= 0.3 is 11.9 Å². The quantitative estimate of drug-likeness (QED) is 0.355. The van der Waals surface area contributed by atoms with Crippen LogP contribution in [0, 0.1) is 0 Å². The Balaban J connectivity index is 1.34. The summed E-state index contributed by atoms with van der Waals surface area (Å²) in [7, 11) is 0. The predicted octanol–water partition coefficient (Wildman–Crippen LogP) is 2.75. The average Bonchev–Trinajstić information content (AvgIpc) is 2.77. The minimum atomic E-state index is -0.364. The highest BCUT2D eigenvalue weighted by atomic mass is 16.6. The van der Waals surface area contributed by atoms with Gasteiger partial charge in [-0.15, -0.1) is 0 Å². The SMILES string of the molecule is O=C(OCCOCCOCCOCCOC(=O)c1ccccc1)c1ccccc1. The van der Waals surface area contributed by atoms with Crippen LogP contribution in [0.5, 0.6) is 0 Å². The Kier molecular flexibility index (Phi) is 11.1. The van der Waals surface area contributed by atoms with Gasteiger partial charge in [-0.25, -0.2) is 9.59 Å². The van der Waals surface area contributed by atoms with Crippen LogP contribution >= 0.6 is 0 Å². The Morgan fingerprint density at radius 2 is 0.793 bits per heavy atom. The molecule has 0 amide bonds. The number of ether oxygens (including phenoxy) is 5. The van der Waals surface area contributed by atoms with E-state index in [1.165, 1.54) is 0 Å². The van der Waals surface area contributed by atoms with Gasteiger partial charge in [0.1, 0.15) is 13.2 Å². The molecule has 2 aromatic rings. The molecule has 0 saturated carbocycles. The van der Waals surface area contributed by atoms with Crippen molar-refractivity contribution in [2.75, 3.05) is 52.9 Å². The summed E-state index contributed by atoms with van der Waals surface area (Å²) in [5.41, 5.74) is 1.04. The highest BCUT2D eigenvalue weighted by Crippen LogP contribution is 2.01. The van der Waals surface area contributed by atoms with E-state index in [2.05, 4.69) is 0 Å². The van der Waals surface area contributed by atoms with Crippen LogP contribution in [0.15, 0.2) is 60.7 Å². The molecular weight excluding hydrogens is 376 g/mol. The van der Waals surface area contributed by atoms with Crippen LogP contribution in [0.2, 0.25) is 0 Å². The number of hydrogen-bond donors (Lipinski definition) is 0. The standard InChI is InChI=1S/C22H26O7/c23-21(19-7-3-1-4-8-19)28-17-15-26-13-11-25-12-14-27-16-18-29-22(24)20-9-5-2-6-10-20/h1-10H,11-18H2. The molecule has 0 bridgehead atoms. The van der Waals surface area contributed by atoms with Crippen LogP contribution in [0.25, 0.3) is 0 Å². The van der Waals surface area contributed by atoms with Gasteiger partial charge in [0.2, 0.25) is 0 Å². The first kappa shape index (κ1) is 22.5. The van der Waals surface area contributed by atoms with E-state index in [9.17, 15) is 9.59 Å². The van der Waals surface area contributed by atoms with Crippen molar-refractivity contribution in [3.63, 3.8) is 0 Å². The normalized spacial score (nSPS) is 10.5. The summed E-state index contributed by atoms with van der Waals surface area (Å²) in [6, 6.07) is 17.6. The van der Waals surface area contributed by atoms with E-state index in [1.807, 2.05) is 12.1 Å². The molecule has 0 fully saturated rings. The molecule has 0 aliphatic rings. The number of carbonyl (C=O) groups excluding carboxylic acids is 2. The maximum Gasteiger partial charge on any atom is 0.338 e. The fraction of sp³-hybridized carbons (Fsp3) is 0.364. The molecule has 0 aromatic heterocycles. The second kappa shape index (κ2) is 14.3. The average molecular weight is 402 g/mol. The molecule has 2 aromatic carbocycles. The van der Waals surface area contributed by atoms with Crippen molar-refractivity contribution >= 4 is 11.9 Å². The Labute approximate surface area is 170 Å². The molecule has 0 N–H and O–H groups in total. The molecule has 0 saturated heterocycles. The van der Waals surface area contributed by atoms with Crippen molar-refractivity contribution in [1.82, 2.24) is 0 Å². The Morgan fingerprint density at radius 3 is 1.14 bits per heavy atom. The largest absolute Gasteiger partial charge is 0.460 e. The first-order valence-corrected chi connectivity index (χ1v) is 9.45. The van der Waals surface area contributed by atoms with Gasteiger partial charge in [-0.1, -0.05) is 36.4 Å². The zero-order valence-electron chi connectivity index (χ0n) is 16.3. The fourth-order valence-corrected chi connectivity index (χ4v) is 2.24. The van der Waals surface area contributed by atoms with Crippen molar-refractivity contribution in [2.24, 2.45) is 0 Å². The number of rotatable bonds is 14. The van der Waals surface area contributed by atoms with Crippen molar-refractivity contribution in [3.8, 4) is 0 Å². The highest BCUT2D eigenvalue weighted by Gasteiger charge is 2.06. The molecule has 0 aliphatic carbocycles. The second-order valence-electron chi connectivity index (χ2n) is 5.84. The van der Waals surface area contributed by atoms with Crippen LogP contribution in [0.3, 0.4) is 0 Å². The van der Waals surface area contributed by atoms with Gasteiger partial charge in [-0.05, 0) is 24.3 Å². The minimum Gasteiger partial charge on any atom is -0.460 e. The molecule has 7 heteroatoms. The molecule has 0 aliphatic heterocycles. The Morgan fingerprint density at radius 1 is 0.483 bits per heavy atom. The first-order valence-electron chi connectivity index (χ1n) is 9.45. The van der Waals surface area contributed by atoms with E-state index in [4.69, 9.17) is 23.7 Å². The fourth-order valence-electron chi connectivity index (χ4n) is 2.24. The maximum absolute atomic E-state index is 11.7. The lowest BCUT2D eigenvalue weighted by Gasteiger charge is -2.08. The molecule has 2 rings (SSSR count). The monoisotopic (exact) mass is 402 g/mol. The number of benzene rings is 2. The molecule has 7 nitrogen and oxygen atoms in total. The van der Waals surface area contributed by atoms with E-state index in [0.717, 1.165) is 0 Å². The van der Waals surface area contributed by atoms with Crippen LogP contribution in [-0.4, -0.2) is 64.8 Å². The van der Waals surface area contributed by atoms with Crippen molar-refractivity contribution in [3.05, 3.63) is 71.8 Å². The van der Waals surface area contributed by atoms with Gasteiger partial charge in [0, 0.05) is 0 Å². The summed E-state index contributed by atoms with van der Waals surface area (Å²) in [6.07, 6.45) is 0. The van der Waals surface area contributed by atoms with Crippen molar-refractivity contribution in [2.45, 2.75) is 0 Å². The summed E-state index contributed by atoms with van der Waals surface area (Å²) in [6.45, 7) is 2.64. The highest BCUT2D eigenvalue weighted by molar-refractivity contribution is 5.89. The summed E-state index contributed by atoms with van der Waals surface area (Å²) >= 11 is 0. The zero-order chi connectivity index (χ0) is 20.6. The van der Waals surface area contributed by atoms with E-state index >= 15 is 0 Å². The molecule has 29 heavy (non-hydrogen) atoms. The molecule has 0 unspecified atom stereocenters. The van der Waals surface area contributed by atoms with Gasteiger partial charge in [-0.3, -0.25) is 0 Å². The van der Waals surface area contributed by atoms with E-state index < -0.39 is 0 Å². The van der Waals surface area contributed by atoms with Gasteiger partial charge in [0.25, 0.3) is 0 Å². The molecule has 156 valence electrons. The predicted molar refractivity (Wildman–Crippen MR) is 106 cm³/mol. The molecule has 0 atom stereocenters. The second-order valence-corrected chi connectivity index (χ2v) is 5.84. The summed E-state index contributed by atoms with van der Waals surface area (Å²) < 4.78 is 26.2. The van der Waals surface area contributed by atoms with E-state index in [0.29, 0.717) is 50.8 Å². The molecular formula is C22H26O7. The lowest BCUT2D eigenvalue weighted by molar-refractivity contribution is -0.00674. The van der Waals surface area contributed by atoms with Crippen LogP contribution in [0.1, 0.15) is 20.7 Å². The first-order chi connectivity index (χ1) is 14.3. The number of carbonyl (C=O) groups is 2. The molecule has 0 radical (unpaired) electrons. The lowest BCUT2D eigenvalue weighted by atomic mass is 10.2. The van der Waals surface area contributed by atoms with Gasteiger partial charge in [0.15, 0.2) is 0 Å². The van der Waals surface area contributed by atoms with Gasteiger partial charge in [-0.2, -0.15) is 0 Å². The minimum absolute atomic E-state index is 0.193. The summed E-state index contributed by atoms with van der Waals surface area (Å²) in [5, 5.41) is 0. The lowest BCUT2D eigenvalue weighted by Crippen LogP contribution is -2.15. The summed E-state index contributed by atoms with van der Waals surface area (Å²) in [5.74, 6) is -0.728. The maximum atomic E-state index is 11.7. The molecule has 0 heterocycles. The van der Waals surface area contributed by atoms with E-state index in [-0.39, 0.29) is 25.2 Å². The third-order valence-corrected chi connectivity index (χ3v) is 3.68. The Hall–Kier alpha value is -2.74. The van der Waals surface area contributed by atoms with Crippen LogP contribution in [0.4, 0.5) is 0 Å². The van der Waals surface area contributed by atoms with Crippen LogP contribution < -0.4 is 0 Å². The molecule has 0 spiro atoms. The van der Waals surface area contributed by atoms with E-state index in [1.54, 1.807) is 48.5 Å². The number of hydrogen-bond acceptors (Lipinski definition) is 7. The smallest absolute Gasteiger partial charge is 0.338 e. The zero-order valence-corrected chi connectivity index (χ0v) is 16.3. The third kappa shape index (κ3) is 9.84.